The molecule has 5 nitrogen and oxygen atoms in total. The number of hydrogen-bond donors (Lipinski definition) is 0. The van der Waals surface area contributed by atoms with Crippen LogP contribution < -0.4 is 0 Å². The summed E-state index contributed by atoms with van der Waals surface area (Å²) in [7, 11) is 0. The average molecular weight is 361 g/mol. The Kier molecular flexibility index (Phi) is 4.41. The monoisotopic (exact) mass is 361 g/mol. The normalized spacial score (nSPS) is 32.4. The van der Waals surface area contributed by atoms with E-state index in [1.165, 1.54) is 0 Å². The minimum Gasteiger partial charge on any atom is -0.465 e. The molecule has 134 valence electrons. The Hall–Kier alpha value is -1.66. The molecule has 6 heteroatoms. The molecule has 3 aliphatic rings. The molecule has 0 N–H and O–H groups in total. The molecule has 25 heavy (non-hydrogen) atoms. The number of esters is 1. The van der Waals surface area contributed by atoms with Crippen LogP contribution in [0.3, 0.4) is 0 Å². The quantitative estimate of drug-likeness (QED) is 0.426. The highest BCUT2D eigenvalue weighted by Gasteiger charge is 2.67. The fourth-order valence-electron chi connectivity index (χ4n) is 4.19. The van der Waals surface area contributed by atoms with Gasteiger partial charge in [-0.15, -0.1) is 11.3 Å². The van der Waals surface area contributed by atoms with E-state index in [1.54, 1.807) is 11.3 Å². The number of nitrogens with zero attached hydrogens (tertiary/aromatic N) is 1. The molecule has 0 saturated carbocycles. The highest BCUT2D eigenvalue weighted by Crippen LogP contribution is 2.52. The Morgan fingerprint density at radius 2 is 2.36 bits per heavy atom. The second-order valence-electron chi connectivity index (χ2n) is 7.05. The lowest BCUT2D eigenvalue weighted by Gasteiger charge is -2.22. The van der Waals surface area contributed by atoms with Crippen LogP contribution in [0.4, 0.5) is 0 Å². The van der Waals surface area contributed by atoms with E-state index in [0.29, 0.717) is 19.7 Å². The molecule has 3 aliphatic heterocycles. The number of fused-ring (bicyclic) bond motifs is 1. The van der Waals surface area contributed by atoms with E-state index in [1.807, 2.05) is 34.6 Å². The van der Waals surface area contributed by atoms with E-state index in [-0.39, 0.29) is 18.0 Å². The number of carbonyl (C=O) groups excluding carboxylic acids is 2. The van der Waals surface area contributed by atoms with Crippen LogP contribution in [-0.2, 0) is 25.6 Å². The highest BCUT2D eigenvalue weighted by molar-refractivity contribution is 7.09. The molecule has 2 fully saturated rings. The molecular formula is C19H23NO4S. The first kappa shape index (κ1) is 16.8. The standard InChI is InChI=1S/C19H23NO4S/c1-2-3-4-9-23-18(22)15-14-7-8-19(24-14)12-20(17(21)16(15)19)11-13-6-5-10-25-13/h5-8,10,14-16H,2-4,9,11-12H2,1H3/t14-,15+,16+,19-/m1/s1. The van der Waals surface area contributed by atoms with Crippen molar-refractivity contribution in [3.63, 3.8) is 0 Å². The average Bonchev–Trinajstić information content (AvgIpc) is 3.35. The third kappa shape index (κ3) is 2.81. The summed E-state index contributed by atoms with van der Waals surface area (Å²) in [6.45, 7) is 3.63. The maximum absolute atomic E-state index is 13.0. The van der Waals surface area contributed by atoms with Crippen molar-refractivity contribution in [3.05, 3.63) is 34.5 Å². The zero-order valence-electron chi connectivity index (χ0n) is 14.3. The summed E-state index contributed by atoms with van der Waals surface area (Å²) in [5.74, 6) is -1.23. The van der Waals surface area contributed by atoms with Crippen LogP contribution in [0.1, 0.15) is 31.1 Å². The number of likely N-dealkylation sites (tertiary alicyclic amines) is 1. The van der Waals surface area contributed by atoms with Gasteiger partial charge in [-0.25, -0.2) is 0 Å². The van der Waals surface area contributed by atoms with Crippen molar-refractivity contribution >= 4 is 23.2 Å². The van der Waals surface area contributed by atoms with Gasteiger partial charge >= 0.3 is 5.97 Å². The summed E-state index contributed by atoms with van der Waals surface area (Å²) >= 11 is 1.64. The van der Waals surface area contributed by atoms with E-state index in [9.17, 15) is 9.59 Å². The first-order valence-electron chi connectivity index (χ1n) is 8.99. The van der Waals surface area contributed by atoms with Crippen LogP contribution in [0, 0.1) is 11.8 Å². The zero-order chi connectivity index (χ0) is 17.4. The third-order valence-corrected chi connectivity index (χ3v) is 6.23. The Bertz CT molecular complexity index is 686. The smallest absolute Gasteiger partial charge is 0.312 e. The summed E-state index contributed by atoms with van der Waals surface area (Å²) in [6, 6.07) is 4.01. The molecule has 0 aliphatic carbocycles. The Labute approximate surface area is 151 Å². The molecule has 4 atom stereocenters. The second-order valence-corrected chi connectivity index (χ2v) is 8.08. The first-order valence-corrected chi connectivity index (χ1v) is 9.87. The number of thiophene rings is 1. The SMILES string of the molecule is CCCCCOC(=O)[C@@H]1[C@H]2C(=O)N(Cc3cccs3)C[C@]23C=C[C@H]1O3. The van der Waals surface area contributed by atoms with Crippen LogP contribution in [0.5, 0.6) is 0 Å². The molecule has 1 aromatic heterocycles. The molecule has 1 spiro atoms. The van der Waals surface area contributed by atoms with E-state index < -0.39 is 17.4 Å². The van der Waals surface area contributed by atoms with Crippen molar-refractivity contribution in [2.24, 2.45) is 11.8 Å². The van der Waals surface area contributed by atoms with Crippen LogP contribution in [0.15, 0.2) is 29.7 Å². The molecule has 0 unspecified atom stereocenters. The van der Waals surface area contributed by atoms with Gasteiger partial charge < -0.3 is 14.4 Å². The van der Waals surface area contributed by atoms with E-state index in [0.717, 1.165) is 24.1 Å². The number of unbranched alkanes of at least 4 members (excludes halogenated alkanes) is 2. The fourth-order valence-corrected chi connectivity index (χ4v) is 4.91. The minimum atomic E-state index is -0.647. The lowest BCUT2D eigenvalue weighted by molar-refractivity contribution is -0.154. The van der Waals surface area contributed by atoms with Gasteiger partial charge in [0.25, 0.3) is 0 Å². The van der Waals surface area contributed by atoms with Gasteiger partial charge in [0.2, 0.25) is 5.91 Å². The molecule has 2 saturated heterocycles. The van der Waals surface area contributed by atoms with Crippen molar-refractivity contribution in [2.45, 2.75) is 44.4 Å². The molecule has 0 radical (unpaired) electrons. The minimum absolute atomic E-state index is 0.00996. The summed E-state index contributed by atoms with van der Waals surface area (Å²) in [5, 5.41) is 2.01. The molecule has 4 heterocycles. The molecule has 0 aromatic carbocycles. The van der Waals surface area contributed by atoms with Gasteiger partial charge in [-0.2, -0.15) is 0 Å². The van der Waals surface area contributed by atoms with Crippen molar-refractivity contribution in [1.82, 2.24) is 4.90 Å². The highest BCUT2D eigenvalue weighted by atomic mass is 32.1. The predicted molar refractivity (Wildman–Crippen MR) is 93.9 cm³/mol. The van der Waals surface area contributed by atoms with Gasteiger partial charge in [-0.1, -0.05) is 38.0 Å². The van der Waals surface area contributed by atoms with Crippen molar-refractivity contribution in [2.75, 3.05) is 13.2 Å². The fraction of sp³-hybridized carbons (Fsp3) is 0.579. The Balaban J connectivity index is 1.47. The number of hydrogen-bond acceptors (Lipinski definition) is 5. The summed E-state index contributed by atoms with van der Waals surface area (Å²) in [5.41, 5.74) is -0.647. The van der Waals surface area contributed by atoms with Crippen LogP contribution >= 0.6 is 11.3 Å². The van der Waals surface area contributed by atoms with Gasteiger partial charge in [0.05, 0.1) is 31.7 Å². The van der Waals surface area contributed by atoms with Gasteiger partial charge in [0.1, 0.15) is 11.5 Å². The first-order chi connectivity index (χ1) is 12.1. The Morgan fingerprint density at radius 1 is 1.48 bits per heavy atom. The third-order valence-electron chi connectivity index (χ3n) is 5.37. The van der Waals surface area contributed by atoms with Gasteiger partial charge in [0, 0.05) is 4.88 Å². The predicted octanol–water partition coefficient (Wildman–Crippen LogP) is 2.76. The van der Waals surface area contributed by atoms with Gasteiger partial charge in [0.15, 0.2) is 0 Å². The molecule has 4 rings (SSSR count). The lowest BCUT2D eigenvalue weighted by Crippen LogP contribution is -2.40. The zero-order valence-corrected chi connectivity index (χ0v) is 15.2. The number of amides is 1. The summed E-state index contributed by atoms with van der Waals surface area (Å²) in [6.07, 6.45) is 6.57. The molecule has 1 amide bonds. The van der Waals surface area contributed by atoms with Crippen LogP contribution in [0.25, 0.3) is 0 Å². The summed E-state index contributed by atoms with van der Waals surface area (Å²) < 4.78 is 11.5. The van der Waals surface area contributed by atoms with Crippen LogP contribution in [0.2, 0.25) is 0 Å². The van der Waals surface area contributed by atoms with Crippen molar-refractivity contribution in [1.29, 1.82) is 0 Å². The largest absolute Gasteiger partial charge is 0.465 e. The maximum atomic E-state index is 13.0. The van der Waals surface area contributed by atoms with Crippen molar-refractivity contribution in [3.8, 4) is 0 Å². The number of ether oxygens (including phenoxy) is 2. The van der Waals surface area contributed by atoms with E-state index in [4.69, 9.17) is 9.47 Å². The van der Waals surface area contributed by atoms with Crippen LogP contribution in [-0.4, -0.2) is 41.6 Å². The number of carbonyl (C=O) groups is 2. The van der Waals surface area contributed by atoms with Gasteiger partial charge in [-0.05, 0) is 17.9 Å². The number of rotatable bonds is 7. The van der Waals surface area contributed by atoms with Crippen molar-refractivity contribution < 1.29 is 19.1 Å². The molecule has 2 bridgehead atoms. The maximum Gasteiger partial charge on any atom is 0.312 e. The summed E-state index contributed by atoms with van der Waals surface area (Å²) in [4.78, 5) is 28.6. The lowest BCUT2D eigenvalue weighted by atomic mass is 9.77. The second kappa shape index (κ2) is 6.57. The van der Waals surface area contributed by atoms with E-state index >= 15 is 0 Å². The molecular weight excluding hydrogens is 338 g/mol. The Morgan fingerprint density at radius 3 is 3.12 bits per heavy atom. The van der Waals surface area contributed by atoms with Gasteiger partial charge in [-0.3, -0.25) is 9.59 Å². The molecule has 1 aromatic rings. The van der Waals surface area contributed by atoms with E-state index in [2.05, 4.69) is 6.92 Å². The topological polar surface area (TPSA) is 55.8 Å².